The van der Waals surface area contributed by atoms with Crippen LogP contribution in [0.15, 0.2) is 19.6 Å². The van der Waals surface area contributed by atoms with Gasteiger partial charge in [-0.2, -0.15) is 0 Å². The highest BCUT2D eigenvalue weighted by Crippen LogP contribution is 2.26. The van der Waals surface area contributed by atoms with Gasteiger partial charge < -0.3 is 14.6 Å². The van der Waals surface area contributed by atoms with E-state index in [1.165, 1.54) is 26.2 Å². The normalized spacial score (nSPS) is 18.4. The molecule has 1 N–H and O–H groups in total. The van der Waals surface area contributed by atoms with Crippen molar-refractivity contribution in [3.8, 4) is 0 Å². The van der Waals surface area contributed by atoms with E-state index in [1.807, 2.05) is 6.07 Å². The standard InChI is InChI=1S/C12H19Br2N3O/c1-16-4-6-17(7-5-16)3-2-15-9-10-8-11(13)12(14)18-10/h8,15H,2-7,9H2,1H3. The lowest BCUT2D eigenvalue weighted by Gasteiger charge is -2.32. The molecule has 0 radical (unpaired) electrons. The molecule has 18 heavy (non-hydrogen) atoms. The average molecular weight is 381 g/mol. The Morgan fingerprint density at radius 3 is 2.61 bits per heavy atom. The average Bonchev–Trinajstić information content (AvgIpc) is 2.67. The quantitative estimate of drug-likeness (QED) is 0.793. The summed E-state index contributed by atoms with van der Waals surface area (Å²) in [5.41, 5.74) is 0. The molecular formula is C12H19Br2N3O. The van der Waals surface area contributed by atoms with Crippen LogP contribution in [0.4, 0.5) is 0 Å². The van der Waals surface area contributed by atoms with Crippen LogP contribution in [0.2, 0.25) is 0 Å². The Morgan fingerprint density at radius 1 is 1.28 bits per heavy atom. The van der Waals surface area contributed by atoms with Gasteiger partial charge in [0.2, 0.25) is 0 Å². The molecule has 0 aromatic carbocycles. The third-order valence-electron chi connectivity index (χ3n) is 3.20. The van der Waals surface area contributed by atoms with Crippen LogP contribution >= 0.6 is 31.9 Å². The molecule has 1 aromatic rings. The molecule has 2 heterocycles. The fraction of sp³-hybridized carbons (Fsp3) is 0.667. The van der Waals surface area contributed by atoms with E-state index in [4.69, 9.17) is 4.42 Å². The molecule has 0 unspecified atom stereocenters. The van der Waals surface area contributed by atoms with E-state index in [2.05, 4.69) is 54.0 Å². The molecule has 0 bridgehead atoms. The number of nitrogens with zero attached hydrogens (tertiary/aromatic N) is 2. The Hall–Kier alpha value is 0.120. The van der Waals surface area contributed by atoms with Crippen LogP contribution in [-0.4, -0.2) is 56.1 Å². The van der Waals surface area contributed by atoms with Gasteiger partial charge in [0.1, 0.15) is 5.76 Å². The fourth-order valence-corrected chi connectivity index (χ4v) is 2.66. The van der Waals surface area contributed by atoms with Crippen molar-refractivity contribution < 1.29 is 4.42 Å². The summed E-state index contributed by atoms with van der Waals surface area (Å²) in [6.45, 7) is 7.59. The van der Waals surface area contributed by atoms with Crippen LogP contribution in [-0.2, 0) is 6.54 Å². The van der Waals surface area contributed by atoms with Crippen molar-refractivity contribution in [2.45, 2.75) is 6.54 Å². The zero-order chi connectivity index (χ0) is 13.0. The Kier molecular flexibility index (Phi) is 5.69. The largest absolute Gasteiger partial charge is 0.452 e. The Bertz CT molecular complexity index is 356. The van der Waals surface area contributed by atoms with Crippen LogP contribution in [0.5, 0.6) is 0 Å². The molecular weight excluding hydrogens is 362 g/mol. The third kappa shape index (κ3) is 4.35. The number of likely N-dealkylation sites (N-methyl/N-ethyl adjacent to an activating group) is 1. The second kappa shape index (κ2) is 7.05. The number of piperazine rings is 1. The van der Waals surface area contributed by atoms with Crippen molar-refractivity contribution in [2.24, 2.45) is 0 Å². The lowest BCUT2D eigenvalue weighted by atomic mass is 10.3. The number of hydrogen-bond donors (Lipinski definition) is 1. The highest BCUT2D eigenvalue weighted by Gasteiger charge is 2.12. The van der Waals surface area contributed by atoms with Gasteiger partial charge in [-0.3, -0.25) is 4.90 Å². The van der Waals surface area contributed by atoms with Crippen LogP contribution in [0.25, 0.3) is 0 Å². The van der Waals surface area contributed by atoms with Crippen molar-refractivity contribution in [2.75, 3.05) is 46.3 Å². The van der Waals surface area contributed by atoms with E-state index in [0.717, 1.165) is 34.5 Å². The second-order valence-corrected chi connectivity index (χ2v) is 6.23. The van der Waals surface area contributed by atoms with Gasteiger partial charge in [-0.05, 0) is 45.0 Å². The van der Waals surface area contributed by atoms with Gasteiger partial charge in [-0.1, -0.05) is 0 Å². The van der Waals surface area contributed by atoms with Crippen molar-refractivity contribution in [3.63, 3.8) is 0 Å². The lowest BCUT2D eigenvalue weighted by Crippen LogP contribution is -2.46. The first-order chi connectivity index (χ1) is 8.65. The summed E-state index contributed by atoms with van der Waals surface area (Å²) in [6.07, 6.45) is 0. The maximum atomic E-state index is 5.51. The third-order valence-corrected chi connectivity index (χ3v) is 4.91. The molecule has 4 nitrogen and oxygen atoms in total. The van der Waals surface area contributed by atoms with E-state index in [9.17, 15) is 0 Å². The minimum Gasteiger partial charge on any atom is -0.452 e. The van der Waals surface area contributed by atoms with E-state index >= 15 is 0 Å². The van der Waals surface area contributed by atoms with Crippen LogP contribution in [0.1, 0.15) is 5.76 Å². The van der Waals surface area contributed by atoms with E-state index < -0.39 is 0 Å². The molecule has 0 amide bonds. The predicted molar refractivity (Wildman–Crippen MR) is 79.8 cm³/mol. The summed E-state index contributed by atoms with van der Waals surface area (Å²) in [4.78, 5) is 4.88. The summed E-state index contributed by atoms with van der Waals surface area (Å²) in [5, 5.41) is 3.41. The SMILES string of the molecule is CN1CCN(CCNCc2cc(Br)c(Br)o2)CC1. The smallest absolute Gasteiger partial charge is 0.183 e. The monoisotopic (exact) mass is 379 g/mol. The summed E-state index contributed by atoms with van der Waals surface area (Å²) < 4.78 is 7.24. The first kappa shape index (κ1) is 14.5. The van der Waals surface area contributed by atoms with E-state index in [0.29, 0.717) is 0 Å². The van der Waals surface area contributed by atoms with Crippen molar-refractivity contribution in [1.82, 2.24) is 15.1 Å². The zero-order valence-electron chi connectivity index (χ0n) is 10.6. The predicted octanol–water partition coefficient (Wildman–Crippen LogP) is 2.14. The minimum atomic E-state index is 0.762. The minimum absolute atomic E-state index is 0.762. The van der Waals surface area contributed by atoms with Crippen molar-refractivity contribution in [1.29, 1.82) is 0 Å². The zero-order valence-corrected chi connectivity index (χ0v) is 13.8. The second-order valence-electron chi connectivity index (χ2n) is 4.66. The first-order valence-corrected chi connectivity index (χ1v) is 7.79. The molecule has 1 fully saturated rings. The Labute approximate surface area is 125 Å². The molecule has 1 aliphatic rings. The van der Waals surface area contributed by atoms with Gasteiger partial charge in [-0.15, -0.1) is 0 Å². The maximum Gasteiger partial charge on any atom is 0.183 e. The molecule has 1 aromatic heterocycles. The molecule has 0 saturated carbocycles. The Morgan fingerprint density at radius 2 is 2.00 bits per heavy atom. The van der Waals surface area contributed by atoms with Crippen molar-refractivity contribution in [3.05, 3.63) is 21.0 Å². The highest BCUT2D eigenvalue weighted by molar-refractivity contribution is 9.13. The molecule has 0 atom stereocenters. The van der Waals surface area contributed by atoms with Crippen LogP contribution in [0, 0.1) is 0 Å². The van der Waals surface area contributed by atoms with Crippen molar-refractivity contribution >= 4 is 31.9 Å². The number of halogens is 2. The highest BCUT2D eigenvalue weighted by atomic mass is 79.9. The number of rotatable bonds is 5. The summed E-state index contributed by atoms with van der Waals surface area (Å²) in [6, 6.07) is 1.99. The van der Waals surface area contributed by atoms with Gasteiger partial charge in [0.05, 0.1) is 11.0 Å². The summed E-state index contributed by atoms with van der Waals surface area (Å²) in [5.74, 6) is 0.951. The molecule has 6 heteroatoms. The van der Waals surface area contributed by atoms with Gasteiger partial charge in [0.25, 0.3) is 0 Å². The van der Waals surface area contributed by atoms with Gasteiger partial charge in [0.15, 0.2) is 4.67 Å². The molecule has 1 aliphatic heterocycles. The molecule has 1 saturated heterocycles. The van der Waals surface area contributed by atoms with Crippen LogP contribution < -0.4 is 5.32 Å². The summed E-state index contributed by atoms with van der Waals surface area (Å²) >= 11 is 6.75. The maximum absolute atomic E-state index is 5.51. The topological polar surface area (TPSA) is 31.6 Å². The van der Waals surface area contributed by atoms with Gasteiger partial charge >= 0.3 is 0 Å². The fourth-order valence-electron chi connectivity index (χ4n) is 2.00. The van der Waals surface area contributed by atoms with E-state index in [-0.39, 0.29) is 0 Å². The number of nitrogens with one attached hydrogen (secondary N) is 1. The molecule has 0 aliphatic carbocycles. The number of hydrogen-bond acceptors (Lipinski definition) is 4. The number of furan rings is 1. The van der Waals surface area contributed by atoms with Gasteiger partial charge in [-0.25, -0.2) is 0 Å². The van der Waals surface area contributed by atoms with Crippen LogP contribution in [0.3, 0.4) is 0 Å². The molecule has 0 spiro atoms. The molecule has 2 rings (SSSR count). The Balaban J connectivity index is 1.61. The first-order valence-electron chi connectivity index (χ1n) is 6.20. The van der Waals surface area contributed by atoms with Gasteiger partial charge in [0, 0.05) is 39.3 Å². The summed E-state index contributed by atoms with van der Waals surface area (Å²) in [7, 11) is 2.18. The van der Waals surface area contributed by atoms with E-state index in [1.54, 1.807) is 0 Å². The lowest BCUT2D eigenvalue weighted by molar-refractivity contribution is 0.154. The molecule has 102 valence electrons.